The molecule has 150 valence electrons. The molecule has 4 rings (SSSR count). The van der Waals surface area contributed by atoms with Crippen LogP contribution in [-0.2, 0) is 0 Å². The van der Waals surface area contributed by atoms with Gasteiger partial charge in [0, 0.05) is 30.2 Å². The van der Waals surface area contributed by atoms with Crippen LogP contribution in [0.2, 0.25) is 0 Å². The molecule has 0 unspecified atom stereocenters. The van der Waals surface area contributed by atoms with Gasteiger partial charge in [0.05, 0.1) is 23.5 Å². The fourth-order valence-corrected chi connectivity index (χ4v) is 3.50. The molecule has 3 aromatic rings. The first-order chi connectivity index (χ1) is 14.7. The highest BCUT2D eigenvalue weighted by molar-refractivity contribution is 6.03. The van der Waals surface area contributed by atoms with Gasteiger partial charge >= 0.3 is 0 Å². The summed E-state index contributed by atoms with van der Waals surface area (Å²) >= 11 is 0. The Morgan fingerprint density at radius 2 is 1.53 bits per heavy atom. The predicted octanol–water partition coefficient (Wildman–Crippen LogP) is 4.94. The van der Waals surface area contributed by atoms with E-state index in [1.165, 1.54) is 24.9 Å². The molecular formula is C24H23N5O. The molecule has 0 spiro atoms. The van der Waals surface area contributed by atoms with Gasteiger partial charge in [-0.25, -0.2) is 4.98 Å². The molecule has 1 saturated heterocycles. The molecule has 1 aromatic heterocycles. The molecule has 6 nitrogen and oxygen atoms in total. The number of nitrogens with zero attached hydrogens (tertiary/aromatic N) is 3. The van der Waals surface area contributed by atoms with E-state index in [-0.39, 0.29) is 5.91 Å². The highest BCUT2D eigenvalue weighted by Crippen LogP contribution is 2.23. The molecule has 30 heavy (non-hydrogen) atoms. The second-order valence-corrected chi connectivity index (χ2v) is 7.29. The van der Waals surface area contributed by atoms with Crippen molar-refractivity contribution in [3.05, 3.63) is 78.1 Å². The normalized spacial score (nSPS) is 13.4. The molecule has 1 aliphatic rings. The van der Waals surface area contributed by atoms with Crippen molar-refractivity contribution in [1.82, 2.24) is 4.98 Å². The number of carbonyl (C=O) groups excluding carboxylic acids is 1. The lowest BCUT2D eigenvalue weighted by Crippen LogP contribution is -2.29. The molecule has 0 atom stereocenters. The van der Waals surface area contributed by atoms with Crippen LogP contribution in [0.3, 0.4) is 0 Å². The maximum Gasteiger partial charge on any atom is 0.274 e. The summed E-state index contributed by atoms with van der Waals surface area (Å²) in [7, 11) is 0. The molecular weight excluding hydrogens is 374 g/mol. The molecule has 2 aromatic carbocycles. The van der Waals surface area contributed by atoms with Crippen molar-refractivity contribution >= 4 is 28.7 Å². The fraction of sp³-hybridized carbons (Fsp3) is 0.208. The number of anilines is 4. The minimum Gasteiger partial charge on any atom is -0.372 e. The van der Waals surface area contributed by atoms with Gasteiger partial charge in [0.2, 0.25) is 0 Å². The van der Waals surface area contributed by atoms with E-state index in [1.807, 2.05) is 6.07 Å². The Bertz CT molecular complexity index is 1030. The lowest BCUT2D eigenvalue weighted by Gasteiger charge is -2.28. The lowest BCUT2D eigenvalue weighted by molar-refractivity contribution is 0.102. The van der Waals surface area contributed by atoms with E-state index in [4.69, 9.17) is 5.26 Å². The Balaban J connectivity index is 1.36. The summed E-state index contributed by atoms with van der Waals surface area (Å²) in [5.74, 6) is -0.294. The maximum absolute atomic E-state index is 12.4. The number of benzene rings is 2. The Morgan fingerprint density at radius 1 is 0.867 bits per heavy atom. The number of nitrogens with one attached hydrogen (secondary N) is 2. The first kappa shape index (κ1) is 19.5. The fourth-order valence-electron chi connectivity index (χ4n) is 3.50. The summed E-state index contributed by atoms with van der Waals surface area (Å²) in [6, 6.07) is 20.7. The minimum atomic E-state index is -0.294. The second-order valence-electron chi connectivity index (χ2n) is 7.29. The first-order valence-electron chi connectivity index (χ1n) is 10.1. The Kier molecular flexibility index (Phi) is 5.90. The number of piperidine rings is 1. The summed E-state index contributed by atoms with van der Waals surface area (Å²) in [5, 5.41) is 14.9. The molecule has 0 saturated carbocycles. The number of nitriles is 1. The van der Waals surface area contributed by atoms with Crippen molar-refractivity contribution in [2.75, 3.05) is 28.6 Å². The average Bonchev–Trinajstić information content (AvgIpc) is 2.81. The largest absolute Gasteiger partial charge is 0.372 e. The molecule has 1 aliphatic heterocycles. The highest BCUT2D eigenvalue weighted by Gasteiger charge is 2.11. The third-order valence-electron chi connectivity index (χ3n) is 5.15. The van der Waals surface area contributed by atoms with Gasteiger partial charge < -0.3 is 15.5 Å². The highest BCUT2D eigenvalue weighted by atomic mass is 16.1. The number of carbonyl (C=O) groups is 1. The molecule has 1 amide bonds. The van der Waals surface area contributed by atoms with Crippen LogP contribution in [-0.4, -0.2) is 24.0 Å². The van der Waals surface area contributed by atoms with E-state index in [2.05, 4.69) is 50.9 Å². The van der Waals surface area contributed by atoms with E-state index in [9.17, 15) is 4.79 Å². The van der Waals surface area contributed by atoms with Gasteiger partial charge in [0.1, 0.15) is 5.69 Å². The standard InChI is InChI=1S/C24H23N5O/c25-16-18-4-6-20(7-5-18)28-24(30)23-13-10-21(17-26-23)27-19-8-11-22(12-9-19)29-14-2-1-3-15-29/h4-13,17,27H,1-3,14-15H2,(H,28,30). The zero-order valence-electron chi connectivity index (χ0n) is 16.6. The number of aromatic nitrogens is 1. The van der Waals surface area contributed by atoms with Crippen LogP contribution in [0, 0.1) is 11.3 Å². The topological polar surface area (TPSA) is 81.0 Å². The van der Waals surface area contributed by atoms with Crippen molar-refractivity contribution in [1.29, 1.82) is 5.26 Å². The minimum absolute atomic E-state index is 0.294. The SMILES string of the molecule is N#Cc1ccc(NC(=O)c2ccc(Nc3ccc(N4CCCCC4)cc3)cn2)cc1. The third kappa shape index (κ3) is 4.76. The monoisotopic (exact) mass is 397 g/mol. The molecule has 2 heterocycles. The summed E-state index contributed by atoms with van der Waals surface area (Å²) < 4.78 is 0. The maximum atomic E-state index is 12.4. The van der Waals surface area contributed by atoms with Gasteiger partial charge in [0.25, 0.3) is 5.91 Å². The molecule has 2 N–H and O–H groups in total. The van der Waals surface area contributed by atoms with Crippen LogP contribution in [0.15, 0.2) is 66.9 Å². The number of rotatable bonds is 5. The van der Waals surface area contributed by atoms with Gasteiger partial charge in [0.15, 0.2) is 0 Å². The lowest BCUT2D eigenvalue weighted by atomic mass is 10.1. The number of hydrogen-bond donors (Lipinski definition) is 2. The smallest absolute Gasteiger partial charge is 0.274 e. The molecule has 1 fully saturated rings. The van der Waals surface area contributed by atoms with E-state index in [0.717, 1.165) is 24.5 Å². The predicted molar refractivity (Wildman–Crippen MR) is 119 cm³/mol. The van der Waals surface area contributed by atoms with E-state index in [1.54, 1.807) is 36.5 Å². The molecule has 0 bridgehead atoms. The summed E-state index contributed by atoms with van der Waals surface area (Å²) in [4.78, 5) is 19.0. The van der Waals surface area contributed by atoms with Crippen molar-refractivity contribution < 1.29 is 4.79 Å². The van der Waals surface area contributed by atoms with E-state index < -0.39 is 0 Å². The van der Waals surface area contributed by atoms with Crippen molar-refractivity contribution in [2.24, 2.45) is 0 Å². The second kappa shape index (κ2) is 9.10. The third-order valence-corrected chi connectivity index (χ3v) is 5.15. The zero-order chi connectivity index (χ0) is 20.8. The zero-order valence-corrected chi connectivity index (χ0v) is 16.6. The van der Waals surface area contributed by atoms with Crippen molar-refractivity contribution in [3.8, 4) is 6.07 Å². The Labute approximate surface area is 176 Å². The summed E-state index contributed by atoms with van der Waals surface area (Å²) in [5.41, 5.74) is 4.55. The van der Waals surface area contributed by atoms with Crippen molar-refractivity contribution in [3.63, 3.8) is 0 Å². The van der Waals surface area contributed by atoms with E-state index >= 15 is 0 Å². The first-order valence-corrected chi connectivity index (χ1v) is 10.1. The Morgan fingerprint density at radius 3 is 2.17 bits per heavy atom. The van der Waals surface area contributed by atoms with E-state index in [0.29, 0.717) is 16.9 Å². The number of hydrogen-bond acceptors (Lipinski definition) is 5. The van der Waals surface area contributed by atoms with Crippen LogP contribution in [0.1, 0.15) is 35.3 Å². The Hall–Kier alpha value is -3.85. The molecule has 0 aliphatic carbocycles. The van der Waals surface area contributed by atoms with Gasteiger partial charge in [-0.2, -0.15) is 5.26 Å². The van der Waals surface area contributed by atoms with Crippen LogP contribution >= 0.6 is 0 Å². The van der Waals surface area contributed by atoms with Crippen LogP contribution in [0.25, 0.3) is 0 Å². The van der Waals surface area contributed by atoms with Crippen molar-refractivity contribution in [2.45, 2.75) is 19.3 Å². The average molecular weight is 397 g/mol. The van der Waals surface area contributed by atoms with Crippen LogP contribution in [0.4, 0.5) is 22.7 Å². The molecule has 0 radical (unpaired) electrons. The number of pyridine rings is 1. The number of amides is 1. The van der Waals surface area contributed by atoms with Gasteiger partial charge in [-0.3, -0.25) is 4.79 Å². The molecule has 6 heteroatoms. The van der Waals surface area contributed by atoms with Crippen LogP contribution in [0.5, 0.6) is 0 Å². The van der Waals surface area contributed by atoms with Crippen LogP contribution < -0.4 is 15.5 Å². The van der Waals surface area contributed by atoms with Gasteiger partial charge in [-0.15, -0.1) is 0 Å². The summed E-state index contributed by atoms with van der Waals surface area (Å²) in [6.45, 7) is 2.26. The van der Waals surface area contributed by atoms with Gasteiger partial charge in [-0.1, -0.05) is 0 Å². The quantitative estimate of drug-likeness (QED) is 0.637. The summed E-state index contributed by atoms with van der Waals surface area (Å²) in [6.07, 6.45) is 5.49. The van der Waals surface area contributed by atoms with Gasteiger partial charge in [-0.05, 0) is 79.9 Å².